The number of benzene rings is 1. The molecule has 1 amide bonds. The van der Waals surface area contributed by atoms with Crippen molar-refractivity contribution in [2.75, 3.05) is 13.1 Å². The lowest BCUT2D eigenvalue weighted by Crippen LogP contribution is -3.20. The SMILES string of the molecule is O=C(NCc1ccccc1)[C@H]1C[NH+]2CC[C@H]1C[C@@H]2Cn1cc(C2(O)CCCCC2)nn1. The molecule has 7 nitrogen and oxygen atoms in total. The van der Waals surface area contributed by atoms with Gasteiger partial charge in [0.25, 0.3) is 0 Å². The Balaban J connectivity index is 1.17. The highest BCUT2D eigenvalue weighted by Gasteiger charge is 2.46. The number of carbonyl (C=O) groups is 1. The van der Waals surface area contributed by atoms with Gasteiger partial charge in [-0.25, -0.2) is 4.68 Å². The normalized spacial score (nSPS) is 29.6. The lowest BCUT2D eigenvalue weighted by atomic mass is 9.75. The van der Waals surface area contributed by atoms with Gasteiger partial charge in [-0.1, -0.05) is 54.8 Å². The molecule has 7 heteroatoms. The second-order valence-corrected chi connectivity index (χ2v) is 9.82. The number of piperidine rings is 3. The molecule has 4 atom stereocenters. The molecule has 3 N–H and O–H groups in total. The van der Waals surface area contributed by atoms with E-state index in [0.717, 1.165) is 69.4 Å². The molecule has 31 heavy (non-hydrogen) atoms. The standard InChI is InChI=1S/C24H33N5O2/c30-23(25-14-18-7-3-1-4-8-18)21-16-28-12-9-19(21)13-20(28)15-29-17-22(26-27-29)24(31)10-5-2-6-11-24/h1,3-4,7-8,17,19-21,31H,2,5-6,9-16H2,(H,25,30)/p+1/t19-,20+,21-/m0/s1. The zero-order valence-electron chi connectivity index (χ0n) is 18.2. The van der Waals surface area contributed by atoms with E-state index >= 15 is 0 Å². The van der Waals surface area contributed by atoms with Crippen LogP contribution in [0.4, 0.5) is 0 Å². The van der Waals surface area contributed by atoms with Crippen molar-refractivity contribution >= 4 is 5.91 Å². The Morgan fingerprint density at radius 2 is 2.03 bits per heavy atom. The third-order valence-corrected chi connectivity index (χ3v) is 7.80. The minimum atomic E-state index is -0.794. The number of aliphatic hydroxyl groups is 1. The number of amides is 1. The lowest BCUT2D eigenvalue weighted by Gasteiger charge is -2.46. The molecular weight excluding hydrogens is 390 g/mol. The molecule has 4 heterocycles. The van der Waals surface area contributed by atoms with Gasteiger partial charge in [0.15, 0.2) is 0 Å². The Bertz CT molecular complexity index is 892. The number of quaternary nitrogens is 1. The van der Waals surface area contributed by atoms with Crippen molar-refractivity contribution in [2.45, 2.75) is 69.7 Å². The van der Waals surface area contributed by atoms with Crippen LogP contribution in [0.5, 0.6) is 0 Å². The largest absolute Gasteiger partial charge is 0.383 e. The van der Waals surface area contributed by atoms with E-state index in [1.54, 1.807) is 0 Å². The summed E-state index contributed by atoms with van der Waals surface area (Å²) in [6.07, 6.45) is 9.01. The summed E-state index contributed by atoms with van der Waals surface area (Å²) < 4.78 is 1.92. The van der Waals surface area contributed by atoms with Gasteiger partial charge in [0, 0.05) is 19.4 Å². The molecule has 6 rings (SSSR count). The van der Waals surface area contributed by atoms with E-state index in [0.29, 0.717) is 18.5 Å². The minimum absolute atomic E-state index is 0.109. The van der Waals surface area contributed by atoms with Gasteiger partial charge < -0.3 is 15.3 Å². The molecule has 1 aromatic heterocycles. The summed E-state index contributed by atoms with van der Waals surface area (Å²) in [5.74, 6) is 0.758. The highest BCUT2D eigenvalue weighted by Crippen LogP contribution is 2.35. The number of carbonyl (C=O) groups excluding carboxylic acids is 1. The van der Waals surface area contributed by atoms with Gasteiger partial charge in [-0.3, -0.25) is 4.79 Å². The zero-order valence-corrected chi connectivity index (χ0v) is 18.2. The minimum Gasteiger partial charge on any atom is -0.383 e. The molecule has 2 aromatic rings. The summed E-state index contributed by atoms with van der Waals surface area (Å²) >= 11 is 0. The molecule has 4 aliphatic rings. The Labute approximate surface area is 183 Å². The van der Waals surface area contributed by atoms with Crippen LogP contribution in [-0.4, -0.2) is 45.1 Å². The molecule has 0 spiro atoms. The molecule has 4 fully saturated rings. The predicted octanol–water partition coefficient (Wildman–Crippen LogP) is 1.04. The van der Waals surface area contributed by atoms with E-state index in [1.165, 1.54) is 11.3 Å². The third kappa shape index (κ3) is 4.39. The number of rotatable bonds is 6. The van der Waals surface area contributed by atoms with Crippen LogP contribution in [0, 0.1) is 11.8 Å². The monoisotopic (exact) mass is 424 g/mol. The topological polar surface area (TPSA) is 84.5 Å². The average molecular weight is 425 g/mol. The first-order valence-electron chi connectivity index (χ1n) is 11.9. The van der Waals surface area contributed by atoms with Gasteiger partial charge in [-0.05, 0) is 24.3 Å². The van der Waals surface area contributed by atoms with E-state index in [4.69, 9.17) is 0 Å². The fourth-order valence-corrected chi connectivity index (χ4v) is 5.95. The molecule has 1 aromatic carbocycles. The fraction of sp³-hybridized carbons (Fsp3) is 0.625. The second kappa shape index (κ2) is 8.71. The van der Waals surface area contributed by atoms with Crippen LogP contribution in [0.2, 0.25) is 0 Å². The van der Waals surface area contributed by atoms with Gasteiger partial charge in [0.2, 0.25) is 5.91 Å². The average Bonchev–Trinajstić information content (AvgIpc) is 3.29. The number of nitrogens with one attached hydrogen (secondary N) is 2. The fourth-order valence-electron chi connectivity index (χ4n) is 5.95. The van der Waals surface area contributed by atoms with Crippen molar-refractivity contribution in [2.24, 2.45) is 11.8 Å². The number of aromatic nitrogens is 3. The Morgan fingerprint density at radius 1 is 1.23 bits per heavy atom. The smallest absolute Gasteiger partial charge is 0.229 e. The van der Waals surface area contributed by atoms with Gasteiger partial charge in [-0.15, -0.1) is 5.10 Å². The summed E-state index contributed by atoms with van der Waals surface area (Å²) in [6, 6.07) is 10.6. The Kier molecular flexibility index (Phi) is 5.80. The maximum atomic E-state index is 12.9. The van der Waals surface area contributed by atoms with Crippen LogP contribution >= 0.6 is 0 Å². The van der Waals surface area contributed by atoms with E-state index < -0.39 is 5.60 Å². The molecule has 1 saturated carbocycles. The number of hydrogen-bond acceptors (Lipinski definition) is 4. The van der Waals surface area contributed by atoms with Crippen molar-refractivity contribution in [1.82, 2.24) is 20.3 Å². The van der Waals surface area contributed by atoms with Gasteiger partial charge in [0.1, 0.15) is 17.3 Å². The first-order valence-corrected chi connectivity index (χ1v) is 11.9. The maximum Gasteiger partial charge on any atom is 0.229 e. The molecule has 1 aliphatic carbocycles. The zero-order chi connectivity index (χ0) is 21.3. The molecule has 3 saturated heterocycles. The van der Waals surface area contributed by atoms with Gasteiger partial charge in [-0.2, -0.15) is 0 Å². The first-order chi connectivity index (χ1) is 15.1. The summed E-state index contributed by atoms with van der Waals surface area (Å²) in [7, 11) is 0. The van der Waals surface area contributed by atoms with Crippen molar-refractivity contribution in [3.8, 4) is 0 Å². The van der Waals surface area contributed by atoms with Crippen molar-refractivity contribution in [3.05, 3.63) is 47.8 Å². The van der Waals surface area contributed by atoms with Crippen LogP contribution in [-0.2, 0) is 23.5 Å². The van der Waals surface area contributed by atoms with E-state index in [9.17, 15) is 9.90 Å². The second-order valence-electron chi connectivity index (χ2n) is 9.82. The molecule has 166 valence electrons. The molecule has 0 radical (unpaired) electrons. The van der Waals surface area contributed by atoms with Crippen LogP contribution < -0.4 is 10.2 Å². The van der Waals surface area contributed by atoms with E-state index in [-0.39, 0.29) is 11.8 Å². The first kappa shape index (κ1) is 20.6. The summed E-state index contributed by atoms with van der Waals surface area (Å²) in [6.45, 7) is 3.45. The van der Waals surface area contributed by atoms with Crippen LogP contribution in [0.25, 0.3) is 0 Å². The predicted molar refractivity (Wildman–Crippen MR) is 116 cm³/mol. The molecule has 1 unspecified atom stereocenters. The third-order valence-electron chi connectivity index (χ3n) is 7.80. The van der Waals surface area contributed by atoms with Crippen LogP contribution in [0.1, 0.15) is 56.2 Å². The van der Waals surface area contributed by atoms with Gasteiger partial charge in [0.05, 0.1) is 31.7 Å². The molecule has 2 bridgehead atoms. The maximum absolute atomic E-state index is 12.9. The lowest BCUT2D eigenvalue weighted by molar-refractivity contribution is -0.945. The molecular formula is C24H34N5O2+. The Hall–Kier alpha value is -2.25. The van der Waals surface area contributed by atoms with Crippen LogP contribution in [0.15, 0.2) is 36.5 Å². The highest BCUT2D eigenvalue weighted by atomic mass is 16.3. The van der Waals surface area contributed by atoms with Gasteiger partial charge >= 0.3 is 0 Å². The van der Waals surface area contributed by atoms with E-state index in [1.807, 2.05) is 41.2 Å². The molecule has 3 aliphatic heterocycles. The summed E-state index contributed by atoms with van der Waals surface area (Å²) in [4.78, 5) is 14.4. The highest BCUT2D eigenvalue weighted by molar-refractivity contribution is 5.79. The summed E-state index contributed by atoms with van der Waals surface area (Å²) in [5, 5.41) is 22.8. The quantitative estimate of drug-likeness (QED) is 0.647. The van der Waals surface area contributed by atoms with Crippen LogP contribution in [0.3, 0.4) is 0 Å². The Morgan fingerprint density at radius 3 is 2.77 bits per heavy atom. The number of hydrogen-bond donors (Lipinski definition) is 3. The van der Waals surface area contributed by atoms with Crippen molar-refractivity contribution in [3.63, 3.8) is 0 Å². The van der Waals surface area contributed by atoms with Crippen molar-refractivity contribution < 1.29 is 14.8 Å². The summed E-state index contributed by atoms with van der Waals surface area (Å²) in [5.41, 5.74) is 1.08. The van der Waals surface area contributed by atoms with Crippen molar-refractivity contribution in [1.29, 1.82) is 0 Å². The van der Waals surface area contributed by atoms with E-state index in [2.05, 4.69) is 15.6 Å². The number of nitrogens with zero attached hydrogens (tertiary/aromatic N) is 3. The number of fused-ring (bicyclic) bond motifs is 3.